The molecule has 0 bridgehead atoms. The van der Waals surface area contributed by atoms with Crippen molar-refractivity contribution in [1.82, 2.24) is 5.32 Å². The first-order valence-corrected chi connectivity index (χ1v) is 8.98. The van der Waals surface area contributed by atoms with E-state index in [9.17, 15) is 4.79 Å². The Bertz CT molecular complexity index is 686. The average Bonchev–Trinajstić information content (AvgIpc) is 3.34. The van der Waals surface area contributed by atoms with E-state index >= 15 is 0 Å². The lowest BCUT2D eigenvalue weighted by Crippen LogP contribution is -2.29. The summed E-state index contributed by atoms with van der Waals surface area (Å²) in [6, 6.07) is 10.1. The summed E-state index contributed by atoms with van der Waals surface area (Å²) in [4.78, 5) is 14.8. The highest BCUT2D eigenvalue weighted by Gasteiger charge is 2.33. The predicted molar refractivity (Wildman–Crippen MR) is 94.4 cm³/mol. The molecule has 1 N–H and O–H groups in total. The number of rotatable bonds is 6. The summed E-state index contributed by atoms with van der Waals surface area (Å²) in [7, 11) is 1.67. The van der Waals surface area contributed by atoms with Gasteiger partial charge in [-0.05, 0) is 61.4 Å². The third-order valence-corrected chi connectivity index (χ3v) is 5.80. The largest absolute Gasteiger partial charge is 0.497 e. The van der Waals surface area contributed by atoms with Crippen molar-refractivity contribution in [2.75, 3.05) is 7.11 Å². The Morgan fingerprint density at radius 3 is 2.57 bits per heavy atom. The van der Waals surface area contributed by atoms with Crippen LogP contribution in [0.3, 0.4) is 0 Å². The molecule has 3 nitrogen and oxygen atoms in total. The van der Waals surface area contributed by atoms with Crippen LogP contribution in [0.25, 0.3) is 0 Å². The van der Waals surface area contributed by atoms with Crippen LogP contribution in [0.5, 0.6) is 5.75 Å². The van der Waals surface area contributed by atoms with Gasteiger partial charge in [-0.2, -0.15) is 0 Å². The van der Waals surface area contributed by atoms with Gasteiger partial charge in [0.15, 0.2) is 0 Å². The van der Waals surface area contributed by atoms with E-state index in [0.717, 1.165) is 22.6 Å². The van der Waals surface area contributed by atoms with E-state index in [0.29, 0.717) is 5.92 Å². The van der Waals surface area contributed by atoms with E-state index in [-0.39, 0.29) is 11.9 Å². The molecule has 0 saturated heterocycles. The summed E-state index contributed by atoms with van der Waals surface area (Å²) in [6.45, 7) is 4.21. The first-order valence-electron chi connectivity index (χ1n) is 8.16. The average molecular weight is 329 g/mol. The van der Waals surface area contributed by atoms with Crippen molar-refractivity contribution < 1.29 is 9.53 Å². The molecule has 1 aliphatic carbocycles. The van der Waals surface area contributed by atoms with E-state index in [4.69, 9.17) is 4.74 Å². The minimum absolute atomic E-state index is 0.0468. The maximum Gasteiger partial charge on any atom is 0.261 e. The van der Waals surface area contributed by atoms with Gasteiger partial charge in [-0.15, -0.1) is 11.3 Å². The Labute approximate surface area is 141 Å². The molecule has 3 rings (SSSR count). The molecule has 1 amide bonds. The number of carbonyl (C=O) groups is 1. The number of amides is 1. The first-order chi connectivity index (χ1) is 11.1. The van der Waals surface area contributed by atoms with Crippen LogP contribution in [0.4, 0.5) is 0 Å². The number of hydrogen-bond donors (Lipinski definition) is 1. The molecule has 2 aromatic rings. The molecule has 1 unspecified atom stereocenters. The van der Waals surface area contributed by atoms with Gasteiger partial charge in [0.1, 0.15) is 5.75 Å². The zero-order chi connectivity index (χ0) is 16.4. The lowest BCUT2D eigenvalue weighted by atomic mass is 10.0. The second-order valence-electron chi connectivity index (χ2n) is 6.13. The molecule has 0 radical (unpaired) electrons. The zero-order valence-electron chi connectivity index (χ0n) is 13.9. The van der Waals surface area contributed by atoms with E-state index in [2.05, 4.69) is 31.3 Å². The van der Waals surface area contributed by atoms with Crippen molar-refractivity contribution in [3.63, 3.8) is 0 Å². The van der Waals surface area contributed by atoms with Gasteiger partial charge in [0.25, 0.3) is 5.91 Å². The van der Waals surface area contributed by atoms with Gasteiger partial charge < -0.3 is 10.1 Å². The van der Waals surface area contributed by atoms with Crippen molar-refractivity contribution in [2.24, 2.45) is 5.92 Å². The Kier molecular flexibility index (Phi) is 4.71. The number of carbonyl (C=O) groups excluding carboxylic acids is 1. The van der Waals surface area contributed by atoms with E-state index in [1.807, 2.05) is 18.2 Å². The molecule has 1 aromatic carbocycles. The van der Waals surface area contributed by atoms with Gasteiger partial charge >= 0.3 is 0 Å². The van der Waals surface area contributed by atoms with Crippen molar-refractivity contribution in [3.05, 3.63) is 51.2 Å². The molecule has 1 atom stereocenters. The lowest BCUT2D eigenvalue weighted by Gasteiger charge is -2.18. The topological polar surface area (TPSA) is 38.3 Å². The smallest absolute Gasteiger partial charge is 0.261 e. The van der Waals surface area contributed by atoms with Gasteiger partial charge in [0, 0.05) is 4.88 Å². The van der Waals surface area contributed by atoms with Crippen LogP contribution >= 0.6 is 11.3 Å². The minimum Gasteiger partial charge on any atom is -0.497 e. The number of methoxy groups -OCH3 is 1. The normalized spacial score (nSPS) is 15.3. The second kappa shape index (κ2) is 6.75. The molecule has 1 heterocycles. The fraction of sp³-hybridized carbons (Fsp3) is 0.421. The van der Waals surface area contributed by atoms with Crippen LogP contribution in [0, 0.1) is 12.8 Å². The second-order valence-corrected chi connectivity index (χ2v) is 7.27. The molecule has 23 heavy (non-hydrogen) atoms. The van der Waals surface area contributed by atoms with Crippen LogP contribution in [0.1, 0.15) is 51.5 Å². The number of benzene rings is 1. The van der Waals surface area contributed by atoms with Crippen LogP contribution in [0.2, 0.25) is 0 Å². The summed E-state index contributed by atoms with van der Waals surface area (Å²) in [5.41, 5.74) is 2.38. The van der Waals surface area contributed by atoms with Crippen LogP contribution in [0.15, 0.2) is 30.3 Å². The van der Waals surface area contributed by atoms with E-state index in [1.165, 1.54) is 23.3 Å². The molecular formula is C19H23NO2S. The monoisotopic (exact) mass is 329 g/mol. The van der Waals surface area contributed by atoms with E-state index in [1.54, 1.807) is 18.4 Å². The zero-order valence-corrected chi connectivity index (χ0v) is 14.7. The fourth-order valence-electron chi connectivity index (χ4n) is 2.91. The summed E-state index contributed by atoms with van der Waals surface area (Å²) < 4.78 is 5.22. The van der Waals surface area contributed by atoms with Crippen LogP contribution < -0.4 is 10.1 Å². The molecule has 4 heteroatoms. The SMILES string of the molecule is CCc1sc(C(=O)NC(c2ccc(OC)cc2)C2CC2)cc1C. The molecule has 1 aliphatic rings. The maximum absolute atomic E-state index is 12.6. The molecule has 122 valence electrons. The Hall–Kier alpha value is -1.81. The molecule has 1 aromatic heterocycles. The molecule has 0 aliphatic heterocycles. The van der Waals surface area contributed by atoms with Crippen molar-refractivity contribution in [1.29, 1.82) is 0 Å². The highest BCUT2D eigenvalue weighted by Crippen LogP contribution is 2.41. The summed E-state index contributed by atoms with van der Waals surface area (Å²) in [6.07, 6.45) is 3.34. The van der Waals surface area contributed by atoms with Gasteiger partial charge in [-0.1, -0.05) is 19.1 Å². The van der Waals surface area contributed by atoms with Crippen molar-refractivity contribution in [3.8, 4) is 5.75 Å². The van der Waals surface area contributed by atoms with Gasteiger partial charge in [0.05, 0.1) is 18.0 Å². The number of hydrogen-bond acceptors (Lipinski definition) is 3. The van der Waals surface area contributed by atoms with Crippen LogP contribution in [-0.4, -0.2) is 13.0 Å². The lowest BCUT2D eigenvalue weighted by molar-refractivity contribution is 0.0935. The Morgan fingerprint density at radius 2 is 2.04 bits per heavy atom. The van der Waals surface area contributed by atoms with Crippen molar-refractivity contribution in [2.45, 2.75) is 39.2 Å². The molecule has 1 fully saturated rings. The number of aryl methyl sites for hydroxylation is 2. The summed E-state index contributed by atoms with van der Waals surface area (Å²) in [5, 5.41) is 3.24. The summed E-state index contributed by atoms with van der Waals surface area (Å²) in [5.74, 6) is 1.45. The Balaban J connectivity index is 1.77. The van der Waals surface area contributed by atoms with Gasteiger partial charge in [-0.25, -0.2) is 0 Å². The third kappa shape index (κ3) is 3.58. The minimum atomic E-state index is 0.0468. The molecular weight excluding hydrogens is 306 g/mol. The number of thiophene rings is 1. The predicted octanol–water partition coefficient (Wildman–Crippen LogP) is 4.51. The highest BCUT2D eigenvalue weighted by atomic mass is 32.1. The van der Waals surface area contributed by atoms with E-state index < -0.39 is 0 Å². The highest BCUT2D eigenvalue weighted by molar-refractivity contribution is 7.14. The number of nitrogens with one attached hydrogen (secondary N) is 1. The van der Waals surface area contributed by atoms with Gasteiger partial charge in [-0.3, -0.25) is 4.79 Å². The summed E-state index contributed by atoms with van der Waals surface area (Å²) >= 11 is 1.61. The van der Waals surface area contributed by atoms with Crippen LogP contribution in [-0.2, 0) is 6.42 Å². The quantitative estimate of drug-likeness (QED) is 0.847. The molecule has 1 saturated carbocycles. The molecule has 0 spiro atoms. The van der Waals surface area contributed by atoms with Gasteiger partial charge in [0.2, 0.25) is 0 Å². The maximum atomic E-state index is 12.6. The van der Waals surface area contributed by atoms with Crippen molar-refractivity contribution >= 4 is 17.2 Å². The third-order valence-electron chi connectivity index (χ3n) is 4.42. The Morgan fingerprint density at radius 1 is 1.35 bits per heavy atom. The first kappa shape index (κ1) is 16.1. The number of ether oxygens (including phenoxy) is 1. The fourth-order valence-corrected chi connectivity index (χ4v) is 3.93. The standard InChI is InChI=1S/C19H23NO2S/c1-4-16-12(2)11-17(23-16)19(21)20-18(13-5-6-13)14-7-9-15(22-3)10-8-14/h7-11,13,18H,4-6H2,1-3H3,(H,20,21).